The number of rotatable bonds is 7. The molecule has 0 spiro atoms. The van der Waals surface area contributed by atoms with Crippen LogP contribution in [0.1, 0.15) is 32.3 Å². The molecule has 0 fully saturated rings. The molecular formula is C13H19BrN4O3. The molecule has 0 saturated heterocycles. The number of anilines is 1. The number of hydrogen-bond donors (Lipinski definition) is 2. The summed E-state index contributed by atoms with van der Waals surface area (Å²) in [5, 5.41) is 16.7. The van der Waals surface area contributed by atoms with Gasteiger partial charge in [-0.25, -0.2) is 4.98 Å². The molecule has 0 aromatic carbocycles. The van der Waals surface area contributed by atoms with Gasteiger partial charge >= 0.3 is 0 Å². The lowest BCUT2D eigenvalue weighted by molar-refractivity contribution is -0.385. The molecule has 1 atom stereocenters. The van der Waals surface area contributed by atoms with Gasteiger partial charge in [0, 0.05) is 24.6 Å². The number of carbonyl (C=O) groups is 1. The summed E-state index contributed by atoms with van der Waals surface area (Å²) in [6.07, 6.45) is 2.41. The minimum Gasteiger partial charge on any atom is -0.369 e. The first-order chi connectivity index (χ1) is 9.86. The number of nitro groups is 1. The third-order valence-corrected chi connectivity index (χ3v) is 4.07. The summed E-state index contributed by atoms with van der Waals surface area (Å²) in [5.74, 6) is 0.459. The van der Waals surface area contributed by atoms with Gasteiger partial charge in [-0.15, -0.1) is 0 Å². The topological polar surface area (TPSA) is 97.2 Å². The van der Waals surface area contributed by atoms with E-state index in [9.17, 15) is 14.9 Å². The highest BCUT2D eigenvalue weighted by molar-refractivity contribution is 9.10. The van der Waals surface area contributed by atoms with Gasteiger partial charge in [-0.3, -0.25) is 14.9 Å². The third-order valence-electron chi connectivity index (χ3n) is 3.10. The largest absolute Gasteiger partial charge is 0.369 e. The second kappa shape index (κ2) is 7.92. The van der Waals surface area contributed by atoms with Crippen LogP contribution >= 0.6 is 15.9 Å². The molecule has 0 aliphatic carbocycles. The molecule has 7 nitrogen and oxygen atoms in total. The lowest BCUT2D eigenvalue weighted by Crippen LogP contribution is -2.33. The molecule has 1 rings (SSSR count). The van der Waals surface area contributed by atoms with Crippen molar-refractivity contribution in [1.82, 2.24) is 10.3 Å². The summed E-state index contributed by atoms with van der Waals surface area (Å²) < 4.78 is 0.541. The minimum absolute atomic E-state index is 0.0355. The predicted octanol–water partition coefficient (Wildman–Crippen LogP) is 2.78. The summed E-state index contributed by atoms with van der Waals surface area (Å²) >= 11 is 3.29. The predicted molar refractivity (Wildman–Crippen MR) is 84.3 cm³/mol. The zero-order valence-electron chi connectivity index (χ0n) is 12.3. The molecule has 1 amide bonds. The first kappa shape index (κ1) is 17.4. The van der Waals surface area contributed by atoms with Crippen molar-refractivity contribution in [3.8, 4) is 0 Å². The number of carbonyl (C=O) groups excluding carboxylic acids is 1. The summed E-state index contributed by atoms with van der Waals surface area (Å²) in [5.41, 5.74) is 0.462. The van der Waals surface area contributed by atoms with Crippen LogP contribution < -0.4 is 10.6 Å². The molecule has 1 heterocycles. The first-order valence-corrected chi connectivity index (χ1v) is 7.48. The third kappa shape index (κ3) is 4.96. The molecule has 21 heavy (non-hydrogen) atoms. The summed E-state index contributed by atoms with van der Waals surface area (Å²) in [7, 11) is 0. The lowest BCUT2D eigenvalue weighted by atomic mass is 10.2. The zero-order chi connectivity index (χ0) is 16.0. The molecule has 2 N–H and O–H groups in total. The SMILES string of the molecule is CCC(C)NC(=O)CCNc1ncc([N+](=O)[O-])c(C)c1Br. The van der Waals surface area contributed by atoms with E-state index >= 15 is 0 Å². The number of amides is 1. The van der Waals surface area contributed by atoms with Crippen molar-refractivity contribution >= 4 is 33.3 Å². The minimum atomic E-state index is -0.476. The average molecular weight is 359 g/mol. The molecule has 8 heteroatoms. The molecule has 1 unspecified atom stereocenters. The Morgan fingerprint density at radius 2 is 2.24 bits per heavy atom. The number of hydrogen-bond acceptors (Lipinski definition) is 5. The summed E-state index contributed by atoms with van der Waals surface area (Å²) in [6, 6.07) is 0.156. The van der Waals surface area contributed by atoms with Crippen molar-refractivity contribution in [2.24, 2.45) is 0 Å². The van der Waals surface area contributed by atoms with Crippen LogP contribution in [0.4, 0.5) is 11.5 Å². The van der Waals surface area contributed by atoms with Gasteiger partial charge in [0.25, 0.3) is 5.69 Å². The van der Waals surface area contributed by atoms with Crippen LogP contribution in [0.15, 0.2) is 10.7 Å². The Kier molecular flexibility index (Phi) is 6.54. The monoisotopic (exact) mass is 358 g/mol. The van der Waals surface area contributed by atoms with Crippen LogP contribution in [-0.4, -0.2) is 28.4 Å². The highest BCUT2D eigenvalue weighted by Crippen LogP contribution is 2.30. The van der Waals surface area contributed by atoms with Crippen molar-refractivity contribution in [3.05, 3.63) is 26.3 Å². The van der Waals surface area contributed by atoms with Crippen LogP contribution in [0.2, 0.25) is 0 Å². The van der Waals surface area contributed by atoms with E-state index in [-0.39, 0.29) is 17.6 Å². The van der Waals surface area contributed by atoms with Crippen LogP contribution in [0.25, 0.3) is 0 Å². The Morgan fingerprint density at radius 1 is 1.57 bits per heavy atom. The van der Waals surface area contributed by atoms with Crippen molar-refractivity contribution in [2.45, 2.75) is 39.7 Å². The van der Waals surface area contributed by atoms with Gasteiger partial charge in [0.05, 0.1) is 9.40 Å². The molecule has 116 valence electrons. The van der Waals surface area contributed by atoms with Gasteiger partial charge in [0.1, 0.15) is 12.0 Å². The number of halogens is 1. The van der Waals surface area contributed by atoms with Crippen LogP contribution in [0.3, 0.4) is 0 Å². The van der Waals surface area contributed by atoms with E-state index in [1.165, 1.54) is 6.20 Å². The number of aromatic nitrogens is 1. The fraction of sp³-hybridized carbons (Fsp3) is 0.538. The Labute approximate surface area is 131 Å². The Hall–Kier alpha value is -1.70. The molecule has 0 aliphatic rings. The van der Waals surface area contributed by atoms with Gasteiger partial charge in [-0.1, -0.05) is 6.92 Å². The maximum absolute atomic E-state index is 11.6. The molecule has 0 aliphatic heterocycles. The molecule has 0 saturated carbocycles. The molecule has 1 aromatic rings. The van der Waals surface area contributed by atoms with Gasteiger partial charge in [0.15, 0.2) is 0 Å². The first-order valence-electron chi connectivity index (χ1n) is 6.69. The van der Waals surface area contributed by atoms with Gasteiger partial charge in [-0.05, 0) is 36.2 Å². The van der Waals surface area contributed by atoms with E-state index in [0.717, 1.165) is 6.42 Å². The average Bonchev–Trinajstić information content (AvgIpc) is 2.42. The summed E-state index contributed by atoms with van der Waals surface area (Å²) in [4.78, 5) is 25.9. The van der Waals surface area contributed by atoms with Crippen LogP contribution in [0, 0.1) is 17.0 Å². The smallest absolute Gasteiger partial charge is 0.291 e. The van der Waals surface area contributed by atoms with Gasteiger partial charge < -0.3 is 10.6 Å². The van der Waals surface area contributed by atoms with E-state index < -0.39 is 4.92 Å². The molecule has 0 bridgehead atoms. The van der Waals surface area contributed by atoms with Crippen molar-refractivity contribution < 1.29 is 9.72 Å². The molecular weight excluding hydrogens is 340 g/mol. The summed E-state index contributed by atoms with van der Waals surface area (Å²) in [6.45, 7) is 6.00. The van der Waals surface area contributed by atoms with E-state index in [4.69, 9.17) is 0 Å². The Balaban J connectivity index is 2.59. The normalized spacial score (nSPS) is 11.8. The molecule has 0 radical (unpaired) electrons. The number of pyridine rings is 1. The maximum Gasteiger partial charge on any atom is 0.291 e. The highest BCUT2D eigenvalue weighted by atomic mass is 79.9. The zero-order valence-corrected chi connectivity index (χ0v) is 13.9. The van der Waals surface area contributed by atoms with E-state index in [2.05, 4.69) is 31.5 Å². The van der Waals surface area contributed by atoms with E-state index in [1.807, 2.05) is 13.8 Å². The second-order valence-corrected chi connectivity index (χ2v) is 5.53. The standard InChI is InChI=1S/C13H19BrN4O3/c1-4-8(2)17-11(19)5-6-15-13-12(14)9(3)10(7-16-13)18(20)21/h7-8H,4-6H2,1-3H3,(H,15,16)(H,17,19). The van der Waals surface area contributed by atoms with E-state index in [1.54, 1.807) is 6.92 Å². The van der Waals surface area contributed by atoms with Crippen LogP contribution in [-0.2, 0) is 4.79 Å². The lowest BCUT2D eigenvalue weighted by Gasteiger charge is -2.12. The van der Waals surface area contributed by atoms with Crippen LogP contribution in [0.5, 0.6) is 0 Å². The fourth-order valence-electron chi connectivity index (χ4n) is 1.62. The Morgan fingerprint density at radius 3 is 2.81 bits per heavy atom. The number of nitrogens with one attached hydrogen (secondary N) is 2. The van der Waals surface area contributed by atoms with Crippen molar-refractivity contribution in [2.75, 3.05) is 11.9 Å². The quantitative estimate of drug-likeness (QED) is 0.576. The van der Waals surface area contributed by atoms with Gasteiger partial charge in [-0.2, -0.15) is 0 Å². The van der Waals surface area contributed by atoms with Crippen molar-refractivity contribution in [1.29, 1.82) is 0 Å². The second-order valence-electron chi connectivity index (χ2n) is 4.74. The van der Waals surface area contributed by atoms with Crippen molar-refractivity contribution in [3.63, 3.8) is 0 Å². The fourth-order valence-corrected chi connectivity index (χ4v) is 2.07. The number of nitrogens with zero attached hydrogens (tertiary/aromatic N) is 2. The Bertz CT molecular complexity index is 536. The molecule has 1 aromatic heterocycles. The highest BCUT2D eigenvalue weighted by Gasteiger charge is 2.17. The van der Waals surface area contributed by atoms with Gasteiger partial charge in [0.2, 0.25) is 5.91 Å². The maximum atomic E-state index is 11.6. The van der Waals surface area contributed by atoms with E-state index in [0.29, 0.717) is 28.8 Å².